The Morgan fingerprint density at radius 3 is 1.47 bits per heavy atom. The van der Waals surface area contributed by atoms with Gasteiger partial charge in [-0.15, -0.1) is 0 Å². The summed E-state index contributed by atoms with van der Waals surface area (Å²) >= 11 is 0. The maximum absolute atomic E-state index is 12.2. The van der Waals surface area contributed by atoms with Gasteiger partial charge in [0.25, 0.3) is 0 Å². The van der Waals surface area contributed by atoms with Crippen LogP contribution in [0.1, 0.15) is 48.0 Å². The average molecular weight is 274 g/mol. The third-order valence-electron chi connectivity index (χ3n) is 3.27. The van der Waals surface area contributed by atoms with Crippen molar-refractivity contribution in [1.82, 2.24) is 0 Å². The van der Waals surface area contributed by atoms with E-state index in [4.69, 9.17) is 0 Å². The number of carbonyl (C=O) groups is 3. The van der Waals surface area contributed by atoms with E-state index >= 15 is 0 Å². The predicted octanol–water partition coefficient (Wildman–Crippen LogP) is 2.42. The molecule has 0 spiro atoms. The van der Waals surface area contributed by atoms with Gasteiger partial charge in [0.2, 0.25) is 0 Å². The van der Waals surface area contributed by atoms with E-state index < -0.39 is 5.41 Å². The van der Waals surface area contributed by atoms with Gasteiger partial charge in [-0.3, -0.25) is 14.4 Å². The van der Waals surface area contributed by atoms with Crippen LogP contribution in [0.15, 0.2) is 0 Å². The molecule has 0 aliphatic heterocycles. The number of hydrogen-bond donors (Lipinski definition) is 0. The third kappa shape index (κ3) is 3.85. The zero-order chi connectivity index (χ0) is 13.1. The first-order valence-electron chi connectivity index (χ1n) is 5.71. The third-order valence-corrected chi connectivity index (χ3v) is 3.27. The molecule has 0 aromatic heterocycles. The van der Waals surface area contributed by atoms with E-state index in [9.17, 15) is 14.4 Å². The van der Waals surface area contributed by atoms with Crippen LogP contribution in [-0.2, 0) is 36.1 Å². The zero-order valence-corrected chi connectivity index (χ0v) is 13.1. The first kappa shape index (κ1) is 19.1. The summed E-state index contributed by atoms with van der Waals surface area (Å²) in [6, 6.07) is 0. The largest absolute Gasteiger partial charge is 0.300 e. The molecule has 0 fully saturated rings. The van der Waals surface area contributed by atoms with E-state index in [1.165, 1.54) is 13.8 Å². The van der Waals surface area contributed by atoms with Crippen molar-refractivity contribution in [3.05, 3.63) is 0 Å². The first-order valence-corrected chi connectivity index (χ1v) is 5.71. The summed E-state index contributed by atoms with van der Waals surface area (Å²) in [4.78, 5) is 35.0. The molecular formula is C13H22O3Ti. The molecule has 0 atom stereocenters. The summed E-state index contributed by atoms with van der Waals surface area (Å²) in [5, 5.41) is 0. The van der Waals surface area contributed by atoms with Gasteiger partial charge in [-0.1, -0.05) is 27.7 Å². The van der Waals surface area contributed by atoms with E-state index in [-0.39, 0.29) is 57.3 Å². The van der Waals surface area contributed by atoms with Gasteiger partial charge in [-0.2, -0.15) is 0 Å². The van der Waals surface area contributed by atoms with Gasteiger partial charge in [-0.05, 0) is 25.7 Å². The van der Waals surface area contributed by atoms with Gasteiger partial charge >= 0.3 is 0 Å². The summed E-state index contributed by atoms with van der Waals surface area (Å²) in [7, 11) is 0. The Kier molecular flexibility index (Phi) is 8.10. The SMILES string of the molecule is CC(=O)CC(=O)C(C(C)=O)(C(C)C)C(C)C.[Ti]. The van der Waals surface area contributed by atoms with Crippen LogP contribution >= 0.6 is 0 Å². The number of ketones is 3. The molecule has 0 heterocycles. The molecule has 4 heteroatoms. The number of rotatable bonds is 6. The van der Waals surface area contributed by atoms with Crippen LogP contribution < -0.4 is 0 Å². The maximum atomic E-state index is 12.2. The first-order chi connectivity index (χ1) is 7.17. The Morgan fingerprint density at radius 2 is 1.29 bits per heavy atom. The Bertz CT molecular complexity index is 298. The predicted molar refractivity (Wildman–Crippen MR) is 63.1 cm³/mol. The molecule has 0 aliphatic carbocycles. The Labute approximate surface area is 119 Å². The molecule has 0 rings (SSSR count). The van der Waals surface area contributed by atoms with Crippen molar-refractivity contribution >= 4 is 17.3 Å². The van der Waals surface area contributed by atoms with Gasteiger partial charge in [0.05, 0.1) is 11.8 Å². The molecule has 0 bridgehead atoms. The van der Waals surface area contributed by atoms with Crippen LogP contribution in [0.2, 0.25) is 0 Å². The van der Waals surface area contributed by atoms with Crippen molar-refractivity contribution in [3.8, 4) is 0 Å². The Hall–Kier alpha value is -0.276. The minimum absolute atomic E-state index is 0. The van der Waals surface area contributed by atoms with Crippen molar-refractivity contribution in [2.75, 3.05) is 0 Å². The van der Waals surface area contributed by atoms with Crippen LogP contribution in [-0.4, -0.2) is 17.3 Å². The molecule has 0 N–H and O–H groups in total. The smallest absolute Gasteiger partial charge is 0.154 e. The maximum Gasteiger partial charge on any atom is 0.154 e. The summed E-state index contributed by atoms with van der Waals surface area (Å²) in [5.41, 5.74) is -1.01. The monoisotopic (exact) mass is 274 g/mol. The molecular weight excluding hydrogens is 252 g/mol. The summed E-state index contributed by atoms with van der Waals surface area (Å²) in [6.45, 7) is 10.3. The van der Waals surface area contributed by atoms with E-state index in [1.54, 1.807) is 0 Å². The van der Waals surface area contributed by atoms with E-state index in [1.807, 2.05) is 27.7 Å². The molecule has 0 aromatic carbocycles. The molecule has 0 aromatic rings. The average Bonchev–Trinajstić information content (AvgIpc) is 1.99. The fourth-order valence-electron chi connectivity index (χ4n) is 2.69. The second-order valence-electron chi connectivity index (χ2n) is 5.04. The Balaban J connectivity index is 0. The molecule has 0 saturated carbocycles. The molecule has 0 amide bonds. The normalized spacial score (nSPS) is 11.3. The minimum Gasteiger partial charge on any atom is -0.300 e. The van der Waals surface area contributed by atoms with E-state index in [2.05, 4.69) is 0 Å². The van der Waals surface area contributed by atoms with Crippen molar-refractivity contribution in [2.45, 2.75) is 48.0 Å². The number of carbonyl (C=O) groups excluding carboxylic acids is 3. The van der Waals surface area contributed by atoms with Crippen molar-refractivity contribution < 1.29 is 36.1 Å². The van der Waals surface area contributed by atoms with Crippen molar-refractivity contribution in [3.63, 3.8) is 0 Å². The van der Waals surface area contributed by atoms with Gasteiger partial charge < -0.3 is 0 Å². The van der Waals surface area contributed by atoms with Gasteiger partial charge in [0.15, 0.2) is 5.78 Å². The van der Waals surface area contributed by atoms with Crippen molar-refractivity contribution in [2.24, 2.45) is 17.3 Å². The molecule has 0 unspecified atom stereocenters. The summed E-state index contributed by atoms with van der Waals surface area (Å²) < 4.78 is 0. The molecule has 3 nitrogen and oxygen atoms in total. The topological polar surface area (TPSA) is 51.2 Å². The quantitative estimate of drug-likeness (QED) is 0.552. The van der Waals surface area contributed by atoms with E-state index in [0.717, 1.165) is 0 Å². The van der Waals surface area contributed by atoms with Crippen LogP contribution in [0.3, 0.4) is 0 Å². The van der Waals surface area contributed by atoms with Crippen LogP contribution in [0, 0.1) is 17.3 Å². The van der Waals surface area contributed by atoms with Gasteiger partial charge in [-0.25, -0.2) is 0 Å². The van der Waals surface area contributed by atoms with Gasteiger partial charge in [0, 0.05) is 21.7 Å². The molecule has 17 heavy (non-hydrogen) atoms. The minimum atomic E-state index is -1.01. The summed E-state index contributed by atoms with van der Waals surface area (Å²) in [5.74, 6) is -0.730. The van der Waals surface area contributed by atoms with Crippen LogP contribution in [0.4, 0.5) is 0 Å². The molecule has 0 aliphatic rings. The second kappa shape index (κ2) is 7.22. The second-order valence-corrected chi connectivity index (χ2v) is 5.04. The fourth-order valence-corrected chi connectivity index (χ4v) is 2.69. The molecule has 96 valence electrons. The van der Waals surface area contributed by atoms with Crippen molar-refractivity contribution in [1.29, 1.82) is 0 Å². The Morgan fingerprint density at radius 1 is 0.941 bits per heavy atom. The van der Waals surface area contributed by atoms with Crippen LogP contribution in [0.25, 0.3) is 0 Å². The number of hydrogen-bond acceptors (Lipinski definition) is 3. The fraction of sp³-hybridized carbons (Fsp3) is 0.769. The van der Waals surface area contributed by atoms with Gasteiger partial charge in [0.1, 0.15) is 11.6 Å². The van der Waals surface area contributed by atoms with E-state index in [0.29, 0.717) is 0 Å². The molecule has 0 radical (unpaired) electrons. The van der Waals surface area contributed by atoms with Crippen LogP contribution in [0.5, 0.6) is 0 Å². The number of Topliss-reactive ketones (excluding diaryl/α,β-unsaturated/α-hetero) is 3. The standard InChI is InChI=1S/C13H22O3.Ti/c1-8(2)13(9(3)4,11(6)15)12(16)7-10(5)14;/h8-9H,7H2,1-6H3;. The zero-order valence-electron chi connectivity index (χ0n) is 11.6. The molecule has 0 saturated heterocycles. The summed E-state index contributed by atoms with van der Waals surface area (Å²) in [6.07, 6.45) is -0.143.